The van der Waals surface area contributed by atoms with E-state index in [1.807, 2.05) is 0 Å². The Bertz CT molecular complexity index is 322. The smallest absolute Gasteiger partial charge is 0.416 e. The Balaban J connectivity index is 0.000000281. The van der Waals surface area contributed by atoms with Gasteiger partial charge in [-0.25, -0.2) is 14.3 Å². The van der Waals surface area contributed by atoms with E-state index in [1.165, 1.54) is 18.7 Å². The molecule has 3 N–H and O–H groups in total. The van der Waals surface area contributed by atoms with Crippen molar-refractivity contribution in [1.29, 1.82) is 0 Å². The molecule has 1 aromatic rings. The molecular weight excluding hydrogens is 214 g/mol. The molecule has 0 aliphatic rings. The average molecular weight is 229 g/mol. The Hall–Kier alpha value is -1.89. The number of hydrogen-bond acceptors (Lipinski definition) is 5. The van der Waals surface area contributed by atoms with Crippen LogP contribution in [-0.4, -0.2) is 39.4 Å². The van der Waals surface area contributed by atoms with Gasteiger partial charge in [-0.3, -0.25) is 4.79 Å². The standard InChI is InChI=1S/C5H11NO2.C4H4N2O2/c1-3-8-5(7)4(2)6;7-4(8)6-2-1-5-3-6/h4H,3,6H2,1-2H3;1-3H,(H,7,8). The maximum Gasteiger partial charge on any atom is 0.416 e. The van der Waals surface area contributed by atoms with Crippen LogP contribution in [0.25, 0.3) is 0 Å². The van der Waals surface area contributed by atoms with E-state index in [0.29, 0.717) is 6.61 Å². The highest BCUT2D eigenvalue weighted by Crippen LogP contribution is 1.82. The van der Waals surface area contributed by atoms with Crippen molar-refractivity contribution >= 4 is 12.1 Å². The molecule has 0 aliphatic carbocycles. The zero-order valence-electron chi connectivity index (χ0n) is 9.16. The molecule has 0 radical (unpaired) electrons. The number of esters is 1. The highest BCUT2D eigenvalue weighted by atomic mass is 16.5. The van der Waals surface area contributed by atoms with Gasteiger partial charge in [0.15, 0.2) is 0 Å². The number of nitrogens with two attached hydrogens (primary N) is 1. The van der Waals surface area contributed by atoms with Gasteiger partial charge in [0.05, 0.1) is 6.61 Å². The van der Waals surface area contributed by atoms with Crippen LogP contribution in [0.1, 0.15) is 13.8 Å². The van der Waals surface area contributed by atoms with Crippen LogP contribution in [0.15, 0.2) is 18.7 Å². The maximum atomic E-state index is 10.4. The van der Waals surface area contributed by atoms with Crippen LogP contribution in [0.3, 0.4) is 0 Å². The Morgan fingerprint density at radius 1 is 1.62 bits per heavy atom. The molecule has 1 aromatic heterocycles. The van der Waals surface area contributed by atoms with Crippen molar-refractivity contribution in [2.24, 2.45) is 5.73 Å². The first-order valence-electron chi connectivity index (χ1n) is 4.62. The summed E-state index contributed by atoms with van der Waals surface area (Å²) in [7, 11) is 0. The largest absolute Gasteiger partial charge is 0.465 e. The van der Waals surface area contributed by atoms with Crippen LogP contribution in [0.5, 0.6) is 0 Å². The van der Waals surface area contributed by atoms with E-state index < -0.39 is 12.1 Å². The minimum atomic E-state index is -1.01. The number of imidazole rings is 1. The predicted octanol–water partition coefficient (Wildman–Crippen LogP) is 0.306. The number of aromatic nitrogens is 2. The Labute approximate surface area is 92.8 Å². The molecule has 0 fully saturated rings. The number of carboxylic acid groups (broad SMARTS) is 1. The molecule has 1 unspecified atom stereocenters. The molecule has 7 heteroatoms. The Morgan fingerprint density at radius 3 is 2.44 bits per heavy atom. The van der Waals surface area contributed by atoms with Gasteiger partial charge in [-0.05, 0) is 13.8 Å². The van der Waals surface area contributed by atoms with E-state index >= 15 is 0 Å². The van der Waals surface area contributed by atoms with Crippen molar-refractivity contribution in [3.05, 3.63) is 18.7 Å². The van der Waals surface area contributed by atoms with Crippen molar-refractivity contribution in [3.8, 4) is 0 Å². The minimum Gasteiger partial charge on any atom is -0.465 e. The number of hydrogen-bond donors (Lipinski definition) is 2. The quantitative estimate of drug-likeness (QED) is 0.706. The first-order chi connectivity index (χ1) is 7.49. The third-order valence-electron chi connectivity index (χ3n) is 1.38. The van der Waals surface area contributed by atoms with Gasteiger partial charge in [0.2, 0.25) is 0 Å². The fourth-order valence-electron chi connectivity index (χ4n) is 0.646. The zero-order chi connectivity index (χ0) is 12.6. The van der Waals surface area contributed by atoms with Gasteiger partial charge in [-0.15, -0.1) is 0 Å². The second kappa shape index (κ2) is 7.41. The zero-order valence-corrected chi connectivity index (χ0v) is 9.16. The number of carbonyl (C=O) groups excluding carboxylic acids is 1. The van der Waals surface area contributed by atoms with E-state index in [4.69, 9.17) is 10.8 Å². The van der Waals surface area contributed by atoms with Gasteiger partial charge < -0.3 is 15.6 Å². The van der Waals surface area contributed by atoms with Crippen LogP contribution in [0.2, 0.25) is 0 Å². The molecular formula is C9H15N3O4. The van der Waals surface area contributed by atoms with Crippen LogP contribution >= 0.6 is 0 Å². The lowest BCUT2D eigenvalue weighted by molar-refractivity contribution is -0.144. The number of ether oxygens (including phenoxy) is 1. The molecule has 7 nitrogen and oxygen atoms in total. The highest BCUT2D eigenvalue weighted by molar-refractivity contribution is 5.74. The lowest BCUT2D eigenvalue weighted by Crippen LogP contribution is -2.28. The summed E-state index contributed by atoms with van der Waals surface area (Å²) in [6.45, 7) is 3.75. The SMILES string of the molecule is CCOC(=O)C(C)N.O=C(O)n1ccnc1. The molecule has 0 saturated carbocycles. The lowest BCUT2D eigenvalue weighted by Gasteiger charge is -2.02. The fraction of sp³-hybridized carbons (Fsp3) is 0.444. The normalized spacial score (nSPS) is 10.9. The summed E-state index contributed by atoms with van der Waals surface area (Å²) < 4.78 is 5.51. The fourth-order valence-corrected chi connectivity index (χ4v) is 0.646. The van der Waals surface area contributed by atoms with Crippen LogP contribution < -0.4 is 5.73 Å². The van der Waals surface area contributed by atoms with Crippen LogP contribution in [0, 0.1) is 0 Å². The van der Waals surface area contributed by atoms with Gasteiger partial charge in [-0.2, -0.15) is 0 Å². The van der Waals surface area contributed by atoms with Gasteiger partial charge >= 0.3 is 12.1 Å². The maximum absolute atomic E-state index is 10.4. The van der Waals surface area contributed by atoms with Gasteiger partial charge in [0.25, 0.3) is 0 Å². The lowest BCUT2D eigenvalue weighted by atomic mass is 10.4. The summed E-state index contributed by atoms with van der Waals surface area (Å²) >= 11 is 0. The molecule has 16 heavy (non-hydrogen) atoms. The van der Waals surface area contributed by atoms with Crippen LogP contribution in [0.4, 0.5) is 4.79 Å². The Morgan fingerprint density at radius 2 is 2.25 bits per heavy atom. The molecule has 1 rings (SSSR count). The number of nitrogens with zero attached hydrogens (tertiary/aromatic N) is 2. The summed E-state index contributed by atoms with van der Waals surface area (Å²) in [5.74, 6) is -0.340. The van der Waals surface area contributed by atoms with E-state index in [9.17, 15) is 9.59 Å². The summed E-state index contributed by atoms with van der Waals surface area (Å²) in [6.07, 6.45) is 2.99. The molecule has 0 aromatic carbocycles. The monoisotopic (exact) mass is 229 g/mol. The molecule has 0 aliphatic heterocycles. The number of rotatable bonds is 2. The van der Waals surface area contributed by atoms with Gasteiger partial charge in [-0.1, -0.05) is 0 Å². The topological polar surface area (TPSA) is 107 Å². The van der Waals surface area contributed by atoms with Crippen molar-refractivity contribution in [2.45, 2.75) is 19.9 Å². The molecule has 0 bridgehead atoms. The first-order valence-corrected chi connectivity index (χ1v) is 4.62. The molecule has 90 valence electrons. The van der Waals surface area contributed by atoms with Crippen molar-refractivity contribution in [2.75, 3.05) is 6.61 Å². The summed E-state index contributed by atoms with van der Waals surface area (Å²) in [5.41, 5.74) is 5.15. The van der Waals surface area contributed by atoms with Gasteiger partial charge in [0.1, 0.15) is 12.4 Å². The number of carbonyl (C=O) groups is 2. The van der Waals surface area contributed by atoms with Gasteiger partial charge in [0, 0.05) is 12.4 Å². The molecule has 1 heterocycles. The Kier molecular flexibility index (Phi) is 6.53. The van der Waals surface area contributed by atoms with E-state index in [2.05, 4.69) is 9.72 Å². The van der Waals surface area contributed by atoms with E-state index in [-0.39, 0.29) is 5.97 Å². The molecule has 0 amide bonds. The van der Waals surface area contributed by atoms with Crippen molar-refractivity contribution in [3.63, 3.8) is 0 Å². The van der Waals surface area contributed by atoms with E-state index in [1.54, 1.807) is 13.8 Å². The average Bonchev–Trinajstić information content (AvgIpc) is 2.71. The van der Waals surface area contributed by atoms with Crippen LogP contribution in [-0.2, 0) is 9.53 Å². The third-order valence-corrected chi connectivity index (χ3v) is 1.38. The first kappa shape index (κ1) is 14.1. The van der Waals surface area contributed by atoms with Crippen molar-refractivity contribution < 1.29 is 19.4 Å². The van der Waals surface area contributed by atoms with Crippen molar-refractivity contribution in [1.82, 2.24) is 9.55 Å². The minimum absolute atomic E-state index is 0.340. The molecule has 0 spiro atoms. The van der Waals surface area contributed by atoms with E-state index in [0.717, 1.165) is 4.57 Å². The summed E-state index contributed by atoms with van der Waals surface area (Å²) in [5, 5.41) is 8.20. The summed E-state index contributed by atoms with van der Waals surface area (Å²) in [4.78, 5) is 23.9. The third kappa shape index (κ3) is 5.76. The highest BCUT2D eigenvalue weighted by Gasteiger charge is 2.05. The molecule has 0 saturated heterocycles. The molecule has 1 atom stereocenters. The summed E-state index contributed by atoms with van der Waals surface area (Å²) in [6, 6.07) is -0.491. The predicted molar refractivity (Wildman–Crippen MR) is 55.9 cm³/mol. The second-order valence-electron chi connectivity index (χ2n) is 2.79. The second-order valence-corrected chi connectivity index (χ2v) is 2.79.